The molecule has 20 heavy (non-hydrogen) atoms. The number of amides is 1. The molecule has 2 rings (SSSR count). The molecule has 1 saturated carbocycles. The highest BCUT2D eigenvalue weighted by Gasteiger charge is 2.35. The van der Waals surface area contributed by atoms with Gasteiger partial charge in [-0.25, -0.2) is 0 Å². The van der Waals surface area contributed by atoms with E-state index in [9.17, 15) is 9.90 Å². The number of hydrogen-bond donors (Lipinski definition) is 2. The highest BCUT2D eigenvalue weighted by Crippen LogP contribution is 2.31. The summed E-state index contributed by atoms with van der Waals surface area (Å²) >= 11 is 11.8. The lowest BCUT2D eigenvalue weighted by molar-refractivity contribution is -0.129. The Balaban J connectivity index is 1.87. The number of halogens is 2. The minimum Gasteiger partial charge on any atom is -0.479 e. The Kier molecular flexibility index (Phi) is 4.78. The van der Waals surface area contributed by atoms with Crippen molar-refractivity contribution in [2.45, 2.75) is 37.9 Å². The summed E-state index contributed by atoms with van der Waals surface area (Å²) in [4.78, 5) is 11.9. The van der Waals surface area contributed by atoms with Gasteiger partial charge in [-0.2, -0.15) is 0 Å². The second kappa shape index (κ2) is 6.20. The van der Waals surface area contributed by atoms with Crippen LogP contribution >= 0.6 is 23.2 Å². The number of rotatable bonds is 5. The summed E-state index contributed by atoms with van der Waals surface area (Å²) in [7, 11) is 0. The number of carbonyl (C=O) groups excluding carboxylic acids is 1. The van der Waals surface area contributed by atoms with Crippen molar-refractivity contribution in [3.8, 4) is 5.75 Å². The van der Waals surface area contributed by atoms with E-state index in [2.05, 4.69) is 5.32 Å². The van der Waals surface area contributed by atoms with E-state index in [-0.39, 0.29) is 12.5 Å². The Morgan fingerprint density at radius 1 is 1.50 bits per heavy atom. The SMILES string of the molecule is CC(Oc1ccc(Cl)cc1Cl)C(=O)NCC1(O)CCC1. The first-order chi connectivity index (χ1) is 9.39. The van der Waals surface area contributed by atoms with Crippen molar-refractivity contribution < 1.29 is 14.6 Å². The van der Waals surface area contributed by atoms with E-state index in [0.717, 1.165) is 19.3 Å². The summed E-state index contributed by atoms with van der Waals surface area (Å²) in [6.45, 7) is 1.89. The average molecular weight is 318 g/mol. The van der Waals surface area contributed by atoms with Crippen LogP contribution in [0, 0.1) is 0 Å². The Labute approximate surface area is 128 Å². The van der Waals surface area contributed by atoms with Gasteiger partial charge in [0.2, 0.25) is 0 Å². The number of nitrogens with one attached hydrogen (secondary N) is 1. The average Bonchev–Trinajstić information content (AvgIpc) is 2.36. The largest absolute Gasteiger partial charge is 0.479 e. The Morgan fingerprint density at radius 3 is 2.75 bits per heavy atom. The van der Waals surface area contributed by atoms with E-state index in [1.165, 1.54) is 0 Å². The summed E-state index contributed by atoms with van der Waals surface area (Å²) in [5, 5.41) is 13.5. The first-order valence-electron chi connectivity index (χ1n) is 6.51. The fourth-order valence-corrected chi connectivity index (χ4v) is 2.42. The predicted octanol–water partition coefficient (Wildman–Crippen LogP) is 2.79. The molecule has 0 bridgehead atoms. The monoisotopic (exact) mass is 317 g/mol. The van der Waals surface area contributed by atoms with Gasteiger partial charge in [0, 0.05) is 11.6 Å². The van der Waals surface area contributed by atoms with Crippen molar-refractivity contribution in [2.75, 3.05) is 6.54 Å². The van der Waals surface area contributed by atoms with E-state index in [1.54, 1.807) is 25.1 Å². The molecule has 1 fully saturated rings. The smallest absolute Gasteiger partial charge is 0.260 e. The van der Waals surface area contributed by atoms with Gasteiger partial charge in [-0.05, 0) is 44.4 Å². The van der Waals surface area contributed by atoms with Crippen LogP contribution in [0.2, 0.25) is 10.0 Å². The second-order valence-electron chi connectivity index (χ2n) is 5.13. The van der Waals surface area contributed by atoms with E-state index < -0.39 is 11.7 Å². The van der Waals surface area contributed by atoms with Crippen LogP contribution in [0.25, 0.3) is 0 Å². The number of benzene rings is 1. The summed E-state index contributed by atoms with van der Waals surface area (Å²) in [6, 6.07) is 4.82. The number of hydrogen-bond acceptors (Lipinski definition) is 3. The molecule has 1 aromatic carbocycles. The third-order valence-corrected chi connectivity index (χ3v) is 3.97. The number of aliphatic hydroxyl groups is 1. The van der Waals surface area contributed by atoms with Gasteiger partial charge in [0.05, 0.1) is 10.6 Å². The standard InChI is InChI=1S/C14H17Cl2NO3/c1-9(13(18)17-8-14(19)5-2-6-14)20-12-4-3-10(15)7-11(12)16/h3-4,7,9,19H,2,5-6,8H2,1H3,(H,17,18). The quantitative estimate of drug-likeness (QED) is 0.878. The lowest BCUT2D eigenvalue weighted by atomic mass is 9.80. The topological polar surface area (TPSA) is 58.6 Å². The zero-order valence-electron chi connectivity index (χ0n) is 11.2. The van der Waals surface area contributed by atoms with Crippen molar-refractivity contribution in [3.63, 3.8) is 0 Å². The van der Waals surface area contributed by atoms with Crippen LogP contribution in [0.15, 0.2) is 18.2 Å². The van der Waals surface area contributed by atoms with Gasteiger partial charge < -0.3 is 15.2 Å². The molecule has 0 aliphatic heterocycles. The summed E-state index contributed by atoms with van der Waals surface area (Å²) < 4.78 is 5.49. The molecule has 0 spiro atoms. The van der Waals surface area contributed by atoms with E-state index in [0.29, 0.717) is 15.8 Å². The molecule has 0 radical (unpaired) electrons. The fourth-order valence-electron chi connectivity index (χ4n) is 1.97. The number of ether oxygens (including phenoxy) is 1. The van der Waals surface area contributed by atoms with Crippen molar-refractivity contribution in [2.24, 2.45) is 0 Å². The molecule has 110 valence electrons. The predicted molar refractivity (Wildman–Crippen MR) is 78.4 cm³/mol. The van der Waals surface area contributed by atoms with Crippen LogP contribution in [0.3, 0.4) is 0 Å². The first-order valence-corrected chi connectivity index (χ1v) is 7.27. The third kappa shape index (κ3) is 3.78. The maximum Gasteiger partial charge on any atom is 0.260 e. The lowest BCUT2D eigenvalue weighted by Crippen LogP contribution is -2.50. The van der Waals surface area contributed by atoms with Gasteiger partial charge in [-0.15, -0.1) is 0 Å². The molecular formula is C14H17Cl2NO3. The second-order valence-corrected chi connectivity index (χ2v) is 5.97. The van der Waals surface area contributed by atoms with Gasteiger partial charge in [0.25, 0.3) is 5.91 Å². The van der Waals surface area contributed by atoms with Crippen molar-refractivity contribution >= 4 is 29.1 Å². The molecule has 6 heteroatoms. The number of carbonyl (C=O) groups is 1. The lowest BCUT2D eigenvalue weighted by Gasteiger charge is -2.36. The van der Waals surface area contributed by atoms with E-state index >= 15 is 0 Å². The minimum atomic E-state index is -0.743. The Morgan fingerprint density at radius 2 is 2.20 bits per heavy atom. The molecule has 1 amide bonds. The van der Waals surface area contributed by atoms with Crippen LogP contribution in [-0.4, -0.2) is 29.3 Å². The minimum absolute atomic E-state index is 0.258. The molecular weight excluding hydrogens is 301 g/mol. The van der Waals surface area contributed by atoms with Crippen LogP contribution in [0.5, 0.6) is 5.75 Å². The fraction of sp³-hybridized carbons (Fsp3) is 0.500. The Hall–Kier alpha value is -0.970. The molecule has 2 N–H and O–H groups in total. The van der Waals surface area contributed by atoms with Gasteiger partial charge in [0.1, 0.15) is 5.75 Å². The zero-order chi connectivity index (χ0) is 14.8. The van der Waals surface area contributed by atoms with Crippen LogP contribution < -0.4 is 10.1 Å². The van der Waals surface area contributed by atoms with Gasteiger partial charge in [0.15, 0.2) is 6.10 Å². The van der Waals surface area contributed by atoms with Crippen LogP contribution in [0.1, 0.15) is 26.2 Å². The van der Waals surface area contributed by atoms with E-state index in [4.69, 9.17) is 27.9 Å². The van der Waals surface area contributed by atoms with Crippen molar-refractivity contribution in [1.82, 2.24) is 5.32 Å². The maximum absolute atomic E-state index is 11.9. The third-order valence-electron chi connectivity index (χ3n) is 3.44. The van der Waals surface area contributed by atoms with Crippen LogP contribution in [-0.2, 0) is 4.79 Å². The zero-order valence-corrected chi connectivity index (χ0v) is 12.7. The summed E-state index contributed by atoms with van der Waals surface area (Å²) in [5.74, 6) is 0.123. The molecule has 1 unspecified atom stereocenters. The molecule has 4 nitrogen and oxygen atoms in total. The molecule has 0 aromatic heterocycles. The highest BCUT2D eigenvalue weighted by atomic mass is 35.5. The highest BCUT2D eigenvalue weighted by molar-refractivity contribution is 6.35. The molecule has 1 aliphatic rings. The van der Waals surface area contributed by atoms with Gasteiger partial charge in [-0.3, -0.25) is 4.79 Å². The van der Waals surface area contributed by atoms with Gasteiger partial charge in [-0.1, -0.05) is 23.2 Å². The Bertz CT molecular complexity index is 503. The first kappa shape index (κ1) is 15.4. The molecule has 0 saturated heterocycles. The molecule has 0 heterocycles. The molecule has 1 atom stereocenters. The van der Waals surface area contributed by atoms with Crippen molar-refractivity contribution in [1.29, 1.82) is 0 Å². The summed E-state index contributed by atoms with van der Waals surface area (Å²) in [6.07, 6.45) is 1.76. The van der Waals surface area contributed by atoms with Gasteiger partial charge >= 0.3 is 0 Å². The molecule has 1 aliphatic carbocycles. The normalized spacial score (nSPS) is 18.0. The van der Waals surface area contributed by atoms with E-state index in [1.807, 2.05) is 0 Å². The summed E-state index contributed by atoms with van der Waals surface area (Å²) in [5.41, 5.74) is -0.743. The van der Waals surface area contributed by atoms with Crippen molar-refractivity contribution in [3.05, 3.63) is 28.2 Å². The van der Waals surface area contributed by atoms with Crippen LogP contribution in [0.4, 0.5) is 0 Å². The maximum atomic E-state index is 11.9. The molecule has 1 aromatic rings.